The van der Waals surface area contributed by atoms with Crippen LogP contribution in [0.15, 0.2) is 60.9 Å². The van der Waals surface area contributed by atoms with E-state index in [4.69, 9.17) is 0 Å². The second-order valence-electron chi connectivity index (χ2n) is 7.78. The minimum Gasteiger partial charge on any atom is -0.348 e. The number of likely N-dealkylation sites (tertiary alicyclic amines) is 1. The number of hydrogen-bond acceptors (Lipinski definition) is 3. The van der Waals surface area contributed by atoms with Gasteiger partial charge < -0.3 is 9.88 Å². The van der Waals surface area contributed by atoms with Gasteiger partial charge in [-0.05, 0) is 61.7 Å². The molecule has 0 unspecified atom stereocenters. The Morgan fingerprint density at radius 3 is 2.21 bits per heavy atom. The second kappa shape index (κ2) is 9.05. The Morgan fingerprint density at radius 2 is 1.55 bits per heavy atom. The zero-order valence-corrected chi connectivity index (χ0v) is 17.0. The summed E-state index contributed by atoms with van der Waals surface area (Å²) < 4.78 is 2.12. The summed E-state index contributed by atoms with van der Waals surface area (Å²) in [5.74, 6) is 0.976. The number of benzene rings is 2. The third-order valence-electron chi connectivity index (χ3n) is 5.57. The molecule has 0 bridgehead atoms. The van der Waals surface area contributed by atoms with Crippen LogP contribution in [0.4, 0.5) is 0 Å². The van der Waals surface area contributed by atoms with Crippen LogP contribution < -0.4 is 5.32 Å². The molecule has 150 valence electrons. The summed E-state index contributed by atoms with van der Waals surface area (Å²) in [4.78, 5) is 19.2. The molecule has 1 amide bonds. The Labute approximate surface area is 172 Å². The van der Waals surface area contributed by atoms with Crippen molar-refractivity contribution in [2.24, 2.45) is 0 Å². The fourth-order valence-corrected chi connectivity index (χ4v) is 3.77. The first kappa shape index (κ1) is 19.4. The van der Waals surface area contributed by atoms with Crippen molar-refractivity contribution in [2.45, 2.75) is 39.4 Å². The van der Waals surface area contributed by atoms with E-state index >= 15 is 0 Å². The van der Waals surface area contributed by atoms with Gasteiger partial charge in [0.2, 0.25) is 0 Å². The van der Waals surface area contributed by atoms with Crippen LogP contribution in [0.3, 0.4) is 0 Å². The van der Waals surface area contributed by atoms with E-state index in [1.807, 2.05) is 31.5 Å². The Hall–Kier alpha value is -2.92. The summed E-state index contributed by atoms with van der Waals surface area (Å²) in [6.45, 7) is 6.68. The third-order valence-corrected chi connectivity index (χ3v) is 5.57. The first-order valence-electron chi connectivity index (χ1n) is 10.3. The number of rotatable bonds is 7. The van der Waals surface area contributed by atoms with Crippen LogP contribution in [0.25, 0.3) is 0 Å². The number of nitrogens with one attached hydrogen (secondary N) is 1. The highest BCUT2D eigenvalue weighted by Crippen LogP contribution is 2.14. The lowest BCUT2D eigenvalue weighted by molar-refractivity contribution is 0.0951. The normalized spacial score (nSPS) is 14.2. The van der Waals surface area contributed by atoms with Crippen LogP contribution in [0, 0.1) is 6.92 Å². The topological polar surface area (TPSA) is 50.2 Å². The summed E-state index contributed by atoms with van der Waals surface area (Å²) in [7, 11) is 0. The fourth-order valence-electron chi connectivity index (χ4n) is 3.77. The van der Waals surface area contributed by atoms with Gasteiger partial charge >= 0.3 is 0 Å². The number of carbonyl (C=O) groups excluding carboxylic acids is 1. The first-order valence-corrected chi connectivity index (χ1v) is 10.3. The van der Waals surface area contributed by atoms with E-state index in [2.05, 4.69) is 56.2 Å². The molecule has 5 heteroatoms. The van der Waals surface area contributed by atoms with Crippen molar-refractivity contribution in [3.63, 3.8) is 0 Å². The van der Waals surface area contributed by atoms with Gasteiger partial charge in [0, 0.05) is 37.6 Å². The second-order valence-corrected chi connectivity index (χ2v) is 7.78. The molecule has 1 fully saturated rings. The number of carbonyl (C=O) groups is 1. The average Bonchev–Trinajstić information content (AvgIpc) is 3.40. The van der Waals surface area contributed by atoms with Crippen molar-refractivity contribution < 1.29 is 4.79 Å². The van der Waals surface area contributed by atoms with Gasteiger partial charge in [0.15, 0.2) is 0 Å². The van der Waals surface area contributed by atoms with Crippen molar-refractivity contribution in [3.05, 3.63) is 89.0 Å². The van der Waals surface area contributed by atoms with E-state index in [1.165, 1.54) is 37.1 Å². The highest BCUT2D eigenvalue weighted by molar-refractivity contribution is 5.94. The van der Waals surface area contributed by atoms with Crippen LogP contribution in [-0.4, -0.2) is 33.4 Å². The number of aryl methyl sites for hydroxylation is 1. The summed E-state index contributed by atoms with van der Waals surface area (Å²) >= 11 is 0. The van der Waals surface area contributed by atoms with Crippen LogP contribution in [-0.2, 0) is 19.6 Å². The number of aromatic nitrogens is 2. The van der Waals surface area contributed by atoms with Crippen molar-refractivity contribution in [2.75, 3.05) is 13.1 Å². The van der Waals surface area contributed by atoms with Gasteiger partial charge in [-0.15, -0.1) is 0 Å². The lowest BCUT2D eigenvalue weighted by atomic mass is 10.1. The molecule has 2 aromatic carbocycles. The quantitative estimate of drug-likeness (QED) is 0.670. The van der Waals surface area contributed by atoms with Gasteiger partial charge in [-0.1, -0.05) is 36.4 Å². The fraction of sp³-hybridized carbons (Fsp3) is 0.333. The van der Waals surface area contributed by atoms with Gasteiger partial charge in [-0.25, -0.2) is 4.98 Å². The smallest absolute Gasteiger partial charge is 0.251 e. The van der Waals surface area contributed by atoms with E-state index in [0.29, 0.717) is 12.1 Å². The molecule has 2 heterocycles. The number of imidazole rings is 1. The number of hydrogen-bond donors (Lipinski definition) is 1. The molecule has 4 rings (SSSR count). The molecular weight excluding hydrogens is 360 g/mol. The summed E-state index contributed by atoms with van der Waals surface area (Å²) in [6.07, 6.45) is 6.40. The SMILES string of the molecule is Cc1nccn1Cc1ccc(CNC(=O)c2ccc(CN3CCCC3)cc2)cc1. The summed E-state index contributed by atoms with van der Waals surface area (Å²) in [5, 5.41) is 3.02. The lowest BCUT2D eigenvalue weighted by Crippen LogP contribution is -2.23. The van der Waals surface area contributed by atoms with Crippen LogP contribution in [0.1, 0.15) is 45.7 Å². The number of nitrogens with zero attached hydrogens (tertiary/aromatic N) is 3. The molecule has 1 aromatic heterocycles. The largest absolute Gasteiger partial charge is 0.348 e. The lowest BCUT2D eigenvalue weighted by Gasteiger charge is -2.14. The zero-order chi connectivity index (χ0) is 20.1. The monoisotopic (exact) mass is 388 g/mol. The average molecular weight is 389 g/mol. The minimum absolute atomic E-state index is 0.0316. The van der Waals surface area contributed by atoms with Crippen molar-refractivity contribution in [1.29, 1.82) is 0 Å². The Kier molecular flexibility index (Phi) is 6.06. The molecule has 1 saturated heterocycles. The summed E-state index contributed by atoms with van der Waals surface area (Å²) in [6, 6.07) is 16.3. The maximum Gasteiger partial charge on any atom is 0.251 e. The highest BCUT2D eigenvalue weighted by atomic mass is 16.1. The van der Waals surface area contributed by atoms with Crippen molar-refractivity contribution in [1.82, 2.24) is 19.8 Å². The predicted molar refractivity (Wildman–Crippen MR) is 115 cm³/mol. The highest BCUT2D eigenvalue weighted by Gasteiger charge is 2.12. The Morgan fingerprint density at radius 1 is 0.931 bits per heavy atom. The molecule has 3 aromatic rings. The first-order chi connectivity index (χ1) is 14.2. The van der Waals surface area contributed by atoms with Crippen molar-refractivity contribution in [3.8, 4) is 0 Å². The molecule has 0 radical (unpaired) electrons. The molecular formula is C24H28N4O. The molecule has 0 saturated carbocycles. The molecule has 1 aliphatic rings. The molecule has 0 aliphatic carbocycles. The Bertz CT molecular complexity index is 938. The summed E-state index contributed by atoms with van der Waals surface area (Å²) in [5.41, 5.74) is 4.29. The maximum absolute atomic E-state index is 12.5. The van der Waals surface area contributed by atoms with E-state index in [1.54, 1.807) is 0 Å². The standard InChI is InChI=1S/C24H28N4O/c1-19-25-12-15-28(19)18-22-6-4-20(5-7-22)16-26-24(29)23-10-8-21(9-11-23)17-27-13-2-3-14-27/h4-12,15H,2-3,13-14,16-18H2,1H3,(H,26,29). The van der Waals surface area contributed by atoms with Gasteiger partial charge in [0.1, 0.15) is 5.82 Å². The van der Waals surface area contributed by atoms with Crippen molar-refractivity contribution >= 4 is 5.91 Å². The maximum atomic E-state index is 12.5. The molecule has 29 heavy (non-hydrogen) atoms. The van der Waals surface area contributed by atoms with Crippen LogP contribution in [0.5, 0.6) is 0 Å². The van der Waals surface area contributed by atoms with E-state index in [-0.39, 0.29) is 5.91 Å². The Balaban J connectivity index is 1.28. The third kappa shape index (κ3) is 5.12. The molecule has 0 spiro atoms. The van der Waals surface area contributed by atoms with Crippen LogP contribution in [0.2, 0.25) is 0 Å². The van der Waals surface area contributed by atoms with Gasteiger partial charge in [0.05, 0.1) is 0 Å². The van der Waals surface area contributed by atoms with E-state index in [9.17, 15) is 4.79 Å². The molecule has 1 aliphatic heterocycles. The molecule has 1 N–H and O–H groups in total. The zero-order valence-electron chi connectivity index (χ0n) is 17.0. The van der Waals surface area contributed by atoms with Gasteiger partial charge in [-0.2, -0.15) is 0 Å². The van der Waals surface area contributed by atoms with Gasteiger partial charge in [-0.3, -0.25) is 9.69 Å². The van der Waals surface area contributed by atoms with Crippen LogP contribution >= 0.6 is 0 Å². The van der Waals surface area contributed by atoms with Gasteiger partial charge in [0.25, 0.3) is 5.91 Å². The van der Waals surface area contributed by atoms with E-state index < -0.39 is 0 Å². The minimum atomic E-state index is -0.0316. The molecule has 5 nitrogen and oxygen atoms in total. The number of amides is 1. The van der Waals surface area contributed by atoms with E-state index in [0.717, 1.165) is 24.5 Å². The predicted octanol–water partition coefficient (Wildman–Crippen LogP) is 3.77. The molecule has 0 atom stereocenters.